The predicted molar refractivity (Wildman–Crippen MR) is 42.2 cm³/mol. The Balaban J connectivity index is 2.53. The van der Waals surface area contributed by atoms with Crippen LogP contribution >= 0.6 is 11.8 Å². The summed E-state index contributed by atoms with van der Waals surface area (Å²) in [4.78, 5) is 0. The highest BCUT2D eigenvalue weighted by Gasteiger charge is 1.86. The van der Waals surface area contributed by atoms with Crippen LogP contribution in [0.3, 0.4) is 0 Å². The molecule has 0 heterocycles. The lowest BCUT2D eigenvalue weighted by Gasteiger charge is -1.91. The van der Waals surface area contributed by atoms with Crippen molar-refractivity contribution in [2.75, 3.05) is 11.5 Å². The van der Waals surface area contributed by atoms with Crippen LogP contribution in [-0.4, -0.2) is 11.5 Å². The Hall–Kier alpha value is 0.220. The van der Waals surface area contributed by atoms with Gasteiger partial charge in [0.1, 0.15) is 5.75 Å². The van der Waals surface area contributed by atoms with Gasteiger partial charge in [0.15, 0.2) is 0 Å². The number of thioether (sulfide) groups is 1. The predicted octanol–water partition coefficient (Wildman–Crippen LogP) is 2.74. The minimum absolute atomic E-state index is 1.03. The molecule has 0 atom stereocenters. The lowest BCUT2D eigenvalue weighted by Crippen LogP contribution is -1.78. The van der Waals surface area contributed by atoms with Gasteiger partial charge in [-0.15, -0.1) is 11.8 Å². The van der Waals surface area contributed by atoms with Crippen LogP contribution in [0.5, 0.6) is 0 Å². The molecule has 0 rings (SSSR count). The lowest BCUT2D eigenvalue weighted by molar-refractivity contribution is 0.779. The second-order valence-electron chi connectivity index (χ2n) is 1.82. The van der Waals surface area contributed by atoms with Gasteiger partial charge in [0.2, 0.25) is 0 Å². The third-order valence-electron chi connectivity index (χ3n) is 1.04. The summed E-state index contributed by atoms with van der Waals surface area (Å²) in [6.45, 7) is 5.98. The van der Waals surface area contributed by atoms with E-state index in [2.05, 4.69) is 13.8 Å². The minimum Gasteiger partial charge on any atom is -0.114 e. The molecule has 0 N–H and O–H groups in total. The number of hydrogen-bond donors (Lipinski definition) is 0. The van der Waals surface area contributed by atoms with Gasteiger partial charge in [-0.1, -0.05) is 19.8 Å². The van der Waals surface area contributed by atoms with Crippen molar-refractivity contribution in [1.82, 2.24) is 0 Å². The molecular weight excluding hydrogens is 116 g/mol. The fraction of sp³-hybridized carbons (Fsp3) is 0.857. The van der Waals surface area contributed by atoms with E-state index in [0.717, 1.165) is 5.75 Å². The Morgan fingerprint density at radius 3 is 2.62 bits per heavy atom. The molecule has 1 heteroatoms. The SMILES string of the molecule is [CH2+]CSCCCCC. The maximum Gasteiger partial charge on any atom is 0.130 e. The average molecular weight is 131 g/mol. The van der Waals surface area contributed by atoms with Gasteiger partial charge in [-0.3, -0.25) is 0 Å². The van der Waals surface area contributed by atoms with Crippen molar-refractivity contribution in [3.05, 3.63) is 6.92 Å². The molecule has 0 fully saturated rings. The van der Waals surface area contributed by atoms with Gasteiger partial charge in [-0.2, -0.15) is 0 Å². The lowest BCUT2D eigenvalue weighted by atomic mass is 10.3. The first-order valence-electron chi connectivity index (χ1n) is 3.28. The highest BCUT2D eigenvalue weighted by atomic mass is 32.2. The summed E-state index contributed by atoms with van der Waals surface area (Å²) in [5.41, 5.74) is 0. The Morgan fingerprint density at radius 2 is 2.12 bits per heavy atom. The maximum atomic E-state index is 3.75. The van der Waals surface area contributed by atoms with E-state index in [1.807, 2.05) is 11.8 Å². The van der Waals surface area contributed by atoms with Gasteiger partial charge in [-0.05, 0) is 12.2 Å². The first-order chi connectivity index (χ1) is 3.91. The first kappa shape index (κ1) is 8.22. The Kier molecular flexibility index (Phi) is 7.42. The van der Waals surface area contributed by atoms with Crippen molar-refractivity contribution in [1.29, 1.82) is 0 Å². The van der Waals surface area contributed by atoms with Crippen LogP contribution in [0.1, 0.15) is 26.2 Å². The zero-order valence-corrected chi connectivity index (χ0v) is 6.47. The average Bonchev–Trinajstić information content (AvgIpc) is 1.81. The molecule has 0 aliphatic carbocycles. The highest BCUT2D eigenvalue weighted by molar-refractivity contribution is 7.99. The summed E-state index contributed by atoms with van der Waals surface area (Å²) in [6, 6.07) is 0. The van der Waals surface area contributed by atoms with Gasteiger partial charge >= 0.3 is 0 Å². The quantitative estimate of drug-likeness (QED) is 0.408. The van der Waals surface area contributed by atoms with Crippen molar-refractivity contribution in [2.24, 2.45) is 0 Å². The normalized spacial score (nSPS) is 9.62. The van der Waals surface area contributed by atoms with Crippen molar-refractivity contribution >= 4 is 11.8 Å². The van der Waals surface area contributed by atoms with E-state index >= 15 is 0 Å². The molecule has 0 spiro atoms. The molecule has 0 bridgehead atoms. The molecule has 0 aromatic carbocycles. The molecule has 0 nitrogen and oxygen atoms in total. The third-order valence-corrected chi connectivity index (χ3v) is 1.90. The summed E-state index contributed by atoms with van der Waals surface area (Å²) in [7, 11) is 0. The topological polar surface area (TPSA) is 0 Å². The molecule has 48 valence electrons. The van der Waals surface area contributed by atoms with E-state index in [-0.39, 0.29) is 0 Å². The van der Waals surface area contributed by atoms with E-state index in [1.165, 1.54) is 25.0 Å². The molecule has 0 aliphatic heterocycles. The fourth-order valence-electron chi connectivity index (χ4n) is 0.556. The fourth-order valence-corrected chi connectivity index (χ4v) is 1.17. The van der Waals surface area contributed by atoms with E-state index in [4.69, 9.17) is 0 Å². The monoisotopic (exact) mass is 131 g/mol. The summed E-state index contributed by atoms with van der Waals surface area (Å²) in [6.07, 6.45) is 4.08. The standard InChI is InChI=1S/C7H15S/c1-3-5-6-7-8-4-2/h2-7H2,1H3/q+1. The van der Waals surface area contributed by atoms with Gasteiger partial charge in [0.05, 0.1) is 6.92 Å². The molecule has 8 heavy (non-hydrogen) atoms. The molecule has 0 unspecified atom stereocenters. The van der Waals surface area contributed by atoms with Crippen LogP contribution in [0.4, 0.5) is 0 Å². The van der Waals surface area contributed by atoms with Gasteiger partial charge in [0.25, 0.3) is 0 Å². The Morgan fingerprint density at radius 1 is 1.38 bits per heavy atom. The van der Waals surface area contributed by atoms with E-state index in [9.17, 15) is 0 Å². The van der Waals surface area contributed by atoms with E-state index in [1.54, 1.807) is 0 Å². The van der Waals surface area contributed by atoms with Crippen LogP contribution in [0.15, 0.2) is 0 Å². The molecular formula is C7H15S+. The van der Waals surface area contributed by atoms with Gasteiger partial charge in [0, 0.05) is 0 Å². The number of unbranched alkanes of at least 4 members (excludes halogenated alkanes) is 2. The summed E-state index contributed by atoms with van der Waals surface area (Å²) in [5.74, 6) is 2.33. The van der Waals surface area contributed by atoms with Crippen LogP contribution in [0.2, 0.25) is 0 Å². The van der Waals surface area contributed by atoms with Crippen molar-refractivity contribution in [3.63, 3.8) is 0 Å². The Labute approximate surface area is 57.1 Å². The molecule has 0 radical (unpaired) electrons. The zero-order valence-electron chi connectivity index (χ0n) is 5.65. The van der Waals surface area contributed by atoms with Crippen LogP contribution in [0, 0.1) is 6.92 Å². The number of rotatable bonds is 5. The summed E-state index contributed by atoms with van der Waals surface area (Å²) >= 11 is 1.94. The van der Waals surface area contributed by atoms with Crippen LogP contribution < -0.4 is 0 Å². The zero-order chi connectivity index (χ0) is 6.24. The van der Waals surface area contributed by atoms with Crippen LogP contribution in [-0.2, 0) is 0 Å². The maximum absolute atomic E-state index is 3.75. The summed E-state index contributed by atoms with van der Waals surface area (Å²) < 4.78 is 0. The molecule has 0 saturated carbocycles. The third kappa shape index (κ3) is 6.22. The second-order valence-corrected chi connectivity index (χ2v) is 3.04. The molecule has 0 aliphatic rings. The van der Waals surface area contributed by atoms with Crippen molar-refractivity contribution in [3.8, 4) is 0 Å². The largest absolute Gasteiger partial charge is 0.130 e. The van der Waals surface area contributed by atoms with E-state index < -0.39 is 0 Å². The van der Waals surface area contributed by atoms with Crippen LogP contribution in [0.25, 0.3) is 0 Å². The van der Waals surface area contributed by atoms with Crippen molar-refractivity contribution < 1.29 is 0 Å². The molecule has 0 amide bonds. The highest BCUT2D eigenvalue weighted by Crippen LogP contribution is 2.03. The van der Waals surface area contributed by atoms with Gasteiger partial charge in [-0.25, -0.2) is 0 Å². The molecule has 0 aromatic heterocycles. The van der Waals surface area contributed by atoms with E-state index in [0.29, 0.717) is 0 Å². The summed E-state index contributed by atoms with van der Waals surface area (Å²) in [5, 5.41) is 0. The molecule has 0 aromatic rings. The van der Waals surface area contributed by atoms with Crippen molar-refractivity contribution in [2.45, 2.75) is 26.2 Å². The second kappa shape index (κ2) is 7.22. The van der Waals surface area contributed by atoms with Gasteiger partial charge < -0.3 is 0 Å². The Bertz CT molecular complexity index is 29.4. The molecule has 0 saturated heterocycles. The smallest absolute Gasteiger partial charge is 0.114 e. The first-order valence-corrected chi connectivity index (χ1v) is 4.44. The minimum atomic E-state index is 1.03. The number of hydrogen-bond acceptors (Lipinski definition) is 1.